The van der Waals surface area contributed by atoms with Gasteiger partial charge in [0.05, 0.1) is 16.1 Å². The Labute approximate surface area is 180 Å². The summed E-state index contributed by atoms with van der Waals surface area (Å²) in [5, 5.41) is 0.845. The van der Waals surface area contributed by atoms with E-state index in [1.165, 1.54) is 0 Å². The second-order valence-corrected chi connectivity index (χ2v) is 8.43. The number of carbonyl (C=O) groups excluding carboxylic acids is 2. The molecule has 0 aliphatic carbocycles. The molecule has 0 spiro atoms. The van der Waals surface area contributed by atoms with Crippen LogP contribution >= 0.6 is 23.2 Å². The molecule has 2 aliphatic heterocycles. The quantitative estimate of drug-likeness (QED) is 0.683. The van der Waals surface area contributed by atoms with Crippen molar-refractivity contribution in [1.82, 2.24) is 14.5 Å². The Morgan fingerprint density at radius 1 is 1.21 bits per heavy atom. The molecule has 2 atom stereocenters. The molecule has 0 saturated carbocycles. The van der Waals surface area contributed by atoms with Crippen LogP contribution in [0.5, 0.6) is 0 Å². The van der Waals surface area contributed by atoms with Crippen LogP contribution in [0.4, 0.5) is 5.69 Å². The van der Waals surface area contributed by atoms with Gasteiger partial charge < -0.3 is 14.4 Å². The SMILES string of the molecule is CCc1nccn1C1CCCN(C(=O)C2CCN(c3ccc(Cl)c(Cl)c3)C2=O)C1. The first-order chi connectivity index (χ1) is 14.0. The first-order valence-corrected chi connectivity index (χ1v) is 10.8. The number of rotatable bonds is 4. The summed E-state index contributed by atoms with van der Waals surface area (Å²) in [6, 6.07) is 5.33. The molecule has 2 aliphatic rings. The van der Waals surface area contributed by atoms with E-state index in [0.717, 1.165) is 25.1 Å². The molecule has 4 rings (SSSR count). The molecule has 6 nitrogen and oxygen atoms in total. The second-order valence-electron chi connectivity index (χ2n) is 7.61. The number of halogens is 2. The molecule has 0 N–H and O–H groups in total. The van der Waals surface area contributed by atoms with Gasteiger partial charge in [0.25, 0.3) is 0 Å². The molecule has 1 aromatic heterocycles. The Morgan fingerprint density at radius 2 is 2.03 bits per heavy atom. The van der Waals surface area contributed by atoms with Gasteiger partial charge in [-0.3, -0.25) is 9.59 Å². The van der Waals surface area contributed by atoms with Crippen molar-refractivity contribution in [3.63, 3.8) is 0 Å². The first kappa shape index (κ1) is 20.2. The highest BCUT2D eigenvalue weighted by Crippen LogP contribution is 2.32. The van der Waals surface area contributed by atoms with Crippen molar-refractivity contribution < 1.29 is 9.59 Å². The molecule has 2 fully saturated rings. The Balaban J connectivity index is 1.46. The predicted octanol–water partition coefficient (Wildman–Crippen LogP) is 3.97. The van der Waals surface area contributed by atoms with Crippen LogP contribution in [0.1, 0.15) is 38.1 Å². The van der Waals surface area contributed by atoms with Gasteiger partial charge in [0.1, 0.15) is 11.7 Å². The maximum absolute atomic E-state index is 13.2. The van der Waals surface area contributed by atoms with Crippen molar-refractivity contribution >= 4 is 40.7 Å². The summed E-state index contributed by atoms with van der Waals surface area (Å²) in [5.74, 6) is 0.177. The molecular formula is C21H24Cl2N4O2. The molecule has 0 radical (unpaired) electrons. The summed E-state index contributed by atoms with van der Waals surface area (Å²) in [4.78, 5) is 34.1. The number of nitrogens with zero attached hydrogens (tertiary/aromatic N) is 4. The van der Waals surface area contributed by atoms with Gasteiger partial charge in [-0.15, -0.1) is 0 Å². The molecule has 2 saturated heterocycles. The lowest BCUT2D eigenvalue weighted by Gasteiger charge is -2.35. The zero-order valence-corrected chi connectivity index (χ0v) is 17.9. The minimum atomic E-state index is -0.628. The lowest BCUT2D eigenvalue weighted by Crippen LogP contribution is -2.45. The monoisotopic (exact) mass is 434 g/mol. The number of hydrogen-bond donors (Lipinski definition) is 0. The summed E-state index contributed by atoms with van der Waals surface area (Å²) in [7, 11) is 0. The van der Waals surface area contributed by atoms with Crippen LogP contribution in [0.3, 0.4) is 0 Å². The number of piperidine rings is 1. The Bertz CT molecular complexity index is 929. The standard InChI is InChI=1S/C21H24Cl2N4O2/c1-2-19-24-8-11-26(19)15-4-3-9-25(13-15)20(28)16-7-10-27(21(16)29)14-5-6-17(22)18(23)12-14/h5-6,8,11-12,15-16H,2-4,7,9-10,13H2,1H3. The van der Waals surface area contributed by atoms with Crippen molar-refractivity contribution in [3.05, 3.63) is 46.5 Å². The minimum absolute atomic E-state index is 0.0691. The molecule has 8 heteroatoms. The summed E-state index contributed by atoms with van der Waals surface area (Å²) >= 11 is 12.1. The number of benzene rings is 1. The molecular weight excluding hydrogens is 411 g/mol. The van der Waals surface area contributed by atoms with Gasteiger partial charge in [-0.25, -0.2) is 4.98 Å². The van der Waals surface area contributed by atoms with Gasteiger partial charge in [0, 0.05) is 44.1 Å². The van der Waals surface area contributed by atoms with Crippen molar-refractivity contribution in [3.8, 4) is 0 Å². The number of hydrogen-bond acceptors (Lipinski definition) is 3. The highest BCUT2D eigenvalue weighted by Gasteiger charge is 2.41. The smallest absolute Gasteiger partial charge is 0.239 e. The number of amides is 2. The topological polar surface area (TPSA) is 58.4 Å². The van der Waals surface area contributed by atoms with E-state index < -0.39 is 5.92 Å². The third-order valence-corrected chi connectivity index (χ3v) is 6.62. The number of likely N-dealkylation sites (tertiary alicyclic amines) is 1. The fourth-order valence-electron chi connectivity index (χ4n) is 4.37. The largest absolute Gasteiger partial charge is 0.340 e. The van der Waals surface area contributed by atoms with Crippen molar-refractivity contribution in [2.75, 3.05) is 24.5 Å². The van der Waals surface area contributed by atoms with Crippen molar-refractivity contribution in [2.24, 2.45) is 5.92 Å². The molecule has 29 heavy (non-hydrogen) atoms. The summed E-state index contributed by atoms with van der Waals surface area (Å²) in [6.45, 7) is 3.91. The van der Waals surface area contributed by atoms with Crippen molar-refractivity contribution in [1.29, 1.82) is 0 Å². The van der Waals surface area contributed by atoms with E-state index in [9.17, 15) is 9.59 Å². The third kappa shape index (κ3) is 3.88. The molecule has 2 unspecified atom stereocenters. The van der Waals surface area contributed by atoms with E-state index in [0.29, 0.717) is 41.8 Å². The number of aryl methyl sites for hydroxylation is 1. The van der Waals surface area contributed by atoms with Gasteiger partial charge in [-0.2, -0.15) is 0 Å². The normalized spacial score (nSPS) is 22.4. The number of anilines is 1. The molecule has 3 heterocycles. The molecule has 1 aromatic carbocycles. The van der Waals surface area contributed by atoms with Crippen molar-refractivity contribution in [2.45, 2.75) is 38.6 Å². The van der Waals surface area contributed by atoms with E-state index in [4.69, 9.17) is 23.2 Å². The van der Waals surface area contributed by atoms with Gasteiger partial charge in [-0.05, 0) is 37.5 Å². The highest BCUT2D eigenvalue weighted by molar-refractivity contribution is 6.42. The minimum Gasteiger partial charge on any atom is -0.340 e. The first-order valence-electron chi connectivity index (χ1n) is 10.1. The van der Waals surface area contributed by atoms with Crippen LogP contribution in [-0.2, 0) is 16.0 Å². The highest BCUT2D eigenvalue weighted by atomic mass is 35.5. The number of carbonyl (C=O) groups is 2. The maximum Gasteiger partial charge on any atom is 0.239 e. The predicted molar refractivity (Wildman–Crippen MR) is 113 cm³/mol. The number of aromatic nitrogens is 2. The lowest BCUT2D eigenvalue weighted by molar-refractivity contribution is -0.141. The third-order valence-electron chi connectivity index (χ3n) is 5.89. The van der Waals surface area contributed by atoms with E-state index in [1.807, 2.05) is 17.3 Å². The van der Waals surface area contributed by atoms with E-state index >= 15 is 0 Å². The van der Waals surface area contributed by atoms with E-state index in [2.05, 4.69) is 16.5 Å². The molecule has 2 amide bonds. The number of imidazole rings is 1. The van der Waals surface area contributed by atoms with Crippen LogP contribution in [0, 0.1) is 5.92 Å². The lowest BCUT2D eigenvalue weighted by atomic mass is 10.0. The zero-order valence-electron chi connectivity index (χ0n) is 16.4. The fourth-order valence-corrected chi connectivity index (χ4v) is 4.66. The van der Waals surface area contributed by atoms with Crippen LogP contribution in [0.25, 0.3) is 0 Å². The zero-order chi connectivity index (χ0) is 20.5. The fraction of sp³-hybridized carbons (Fsp3) is 0.476. The average Bonchev–Trinajstić information content (AvgIpc) is 3.36. The van der Waals surface area contributed by atoms with Crippen LogP contribution in [0.15, 0.2) is 30.6 Å². The second kappa shape index (κ2) is 8.36. The van der Waals surface area contributed by atoms with E-state index in [1.54, 1.807) is 23.1 Å². The van der Waals surface area contributed by atoms with E-state index in [-0.39, 0.29) is 17.9 Å². The molecule has 2 aromatic rings. The Morgan fingerprint density at radius 3 is 2.79 bits per heavy atom. The maximum atomic E-state index is 13.2. The Kier molecular flexibility index (Phi) is 5.83. The average molecular weight is 435 g/mol. The van der Waals surface area contributed by atoms with Crippen LogP contribution in [0.2, 0.25) is 10.0 Å². The summed E-state index contributed by atoms with van der Waals surface area (Å²) in [5.41, 5.74) is 0.683. The molecule has 0 bridgehead atoms. The van der Waals surface area contributed by atoms with Crippen LogP contribution < -0.4 is 4.90 Å². The van der Waals surface area contributed by atoms with Crippen LogP contribution in [-0.4, -0.2) is 45.9 Å². The molecule has 154 valence electrons. The van der Waals surface area contributed by atoms with Gasteiger partial charge >= 0.3 is 0 Å². The van der Waals surface area contributed by atoms with Gasteiger partial charge in [-0.1, -0.05) is 30.1 Å². The Hall–Kier alpha value is -2.05. The summed E-state index contributed by atoms with van der Waals surface area (Å²) in [6.07, 6.45) is 7.12. The summed E-state index contributed by atoms with van der Waals surface area (Å²) < 4.78 is 2.18. The van der Waals surface area contributed by atoms with Gasteiger partial charge in [0.2, 0.25) is 11.8 Å². The van der Waals surface area contributed by atoms with Gasteiger partial charge in [0.15, 0.2) is 0 Å².